The lowest BCUT2D eigenvalue weighted by Gasteiger charge is -2.19. The Balaban J connectivity index is 1.50. The summed E-state index contributed by atoms with van der Waals surface area (Å²) in [7, 11) is 0. The molecule has 204 valence electrons. The Hall–Kier alpha value is -3.35. The molecule has 0 spiro atoms. The zero-order valence-electron chi connectivity index (χ0n) is 22.2. The number of hydrogen-bond acceptors (Lipinski definition) is 3. The summed E-state index contributed by atoms with van der Waals surface area (Å²) >= 11 is 6.79. The summed E-state index contributed by atoms with van der Waals surface area (Å²) in [4.78, 5) is 13.5. The molecule has 1 saturated heterocycles. The zero-order valence-corrected chi connectivity index (χ0v) is 22.9. The van der Waals surface area contributed by atoms with Gasteiger partial charge >= 0.3 is 6.09 Å². The van der Waals surface area contributed by atoms with E-state index in [0.29, 0.717) is 12.1 Å². The van der Waals surface area contributed by atoms with Gasteiger partial charge in [0.25, 0.3) is 0 Å². The van der Waals surface area contributed by atoms with E-state index in [2.05, 4.69) is 34.5 Å². The largest absolute Gasteiger partial charge is 0.489 e. The summed E-state index contributed by atoms with van der Waals surface area (Å²) in [5.74, 6) is 0.821. The van der Waals surface area contributed by atoms with Crippen LogP contribution >= 0.6 is 11.6 Å². The van der Waals surface area contributed by atoms with Gasteiger partial charge in [-0.3, -0.25) is 14.6 Å². The number of amides is 1. The van der Waals surface area contributed by atoms with E-state index in [1.54, 1.807) is 0 Å². The third-order valence-corrected chi connectivity index (χ3v) is 7.85. The highest BCUT2D eigenvalue weighted by atomic mass is 35.5. The number of carboxylic acid groups (broad SMARTS) is 1. The molecule has 5 nitrogen and oxygen atoms in total. The average molecular weight is 549 g/mol. The molecule has 0 aromatic heterocycles. The Morgan fingerprint density at radius 1 is 1.10 bits per heavy atom. The maximum atomic E-state index is 12.5. The van der Waals surface area contributed by atoms with Gasteiger partial charge in [0.15, 0.2) is 0 Å². The first kappa shape index (κ1) is 27.2. The van der Waals surface area contributed by atoms with Crippen molar-refractivity contribution in [3.05, 3.63) is 93.5 Å². The van der Waals surface area contributed by atoms with Crippen molar-refractivity contribution in [3.8, 4) is 5.75 Å². The van der Waals surface area contributed by atoms with Crippen molar-refractivity contribution in [1.82, 2.24) is 4.90 Å². The Kier molecular flexibility index (Phi) is 8.53. The Morgan fingerprint density at radius 2 is 1.90 bits per heavy atom. The van der Waals surface area contributed by atoms with Crippen molar-refractivity contribution in [3.63, 3.8) is 0 Å². The lowest BCUT2D eigenvalue weighted by atomic mass is 9.87. The van der Waals surface area contributed by atoms with Gasteiger partial charge in [-0.25, -0.2) is 4.79 Å². The van der Waals surface area contributed by atoms with Crippen molar-refractivity contribution >= 4 is 34.5 Å². The first-order valence-corrected chi connectivity index (χ1v) is 14.0. The molecule has 2 N–H and O–H groups in total. The summed E-state index contributed by atoms with van der Waals surface area (Å²) in [5.41, 5.74) is 8.26. The number of nitrogens with one attached hydrogen (secondary N) is 1. The highest BCUT2D eigenvalue weighted by Gasteiger charge is 2.25. The van der Waals surface area contributed by atoms with Crippen molar-refractivity contribution in [2.24, 2.45) is 0 Å². The second kappa shape index (κ2) is 12.2. The molecular formula is C32H34ClFN2O3. The highest BCUT2D eigenvalue weighted by molar-refractivity contribution is 6.32. The van der Waals surface area contributed by atoms with Crippen LogP contribution in [0.4, 0.5) is 14.9 Å². The molecule has 7 heteroatoms. The minimum atomic E-state index is -1.07. The summed E-state index contributed by atoms with van der Waals surface area (Å²) in [5, 5.41) is 12.4. The van der Waals surface area contributed by atoms with Crippen LogP contribution in [0.25, 0.3) is 11.1 Å². The van der Waals surface area contributed by atoms with Gasteiger partial charge in [-0.05, 0) is 108 Å². The van der Waals surface area contributed by atoms with Crippen LogP contribution in [-0.4, -0.2) is 48.5 Å². The fourth-order valence-corrected chi connectivity index (χ4v) is 6.07. The predicted molar refractivity (Wildman–Crippen MR) is 156 cm³/mol. The molecular weight excluding hydrogens is 515 g/mol. The lowest BCUT2D eigenvalue weighted by Crippen LogP contribution is -2.26. The maximum absolute atomic E-state index is 12.5. The van der Waals surface area contributed by atoms with E-state index in [1.807, 2.05) is 43.3 Å². The van der Waals surface area contributed by atoms with Crippen LogP contribution < -0.4 is 10.1 Å². The van der Waals surface area contributed by atoms with Gasteiger partial charge in [-0.2, -0.15) is 0 Å². The van der Waals surface area contributed by atoms with E-state index in [0.717, 1.165) is 89.5 Å². The number of anilines is 1. The lowest BCUT2D eigenvalue weighted by molar-refractivity contribution is 0.198. The fourth-order valence-electron chi connectivity index (χ4n) is 5.73. The SMILES string of the molecule is Cc1ccc(C2=C(c3ccc(O[C@H]4CCN(CCCF)C4)cc3)c3ccc(NC(=O)O)cc3CCC2)c(Cl)c1. The number of fused-ring (bicyclic) bond motifs is 1. The number of aryl methyl sites for hydroxylation is 2. The average Bonchev–Trinajstić information content (AvgIpc) is 3.27. The first-order valence-electron chi connectivity index (χ1n) is 13.6. The minimum Gasteiger partial charge on any atom is -0.489 e. The molecule has 39 heavy (non-hydrogen) atoms. The van der Waals surface area contributed by atoms with Gasteiger partial charge < -0.3 is 9.84 Å². The number of halogens is 2. The molecule has 3 aromatic rings. The van der Waals surface area contributed by atoms with Gasteiger partial charge in [0.05, 0.1) is 6.67 Å². The van der Waals surface area contributed by atoms with Crippen molar-refractivity contribution in [2.75, 3.05) is 31.6 Å². The number of ether oxygens (including phenoxy) is 1. The topological polar surface area (TPSA) is 61.8 Å². The van der Waals surface area contributed by atoms with Crippen LogP contribution in [0.3, 0.4) is 0 Å². The minimum absolute atomic E-state index is 0.107. The van der Waals surface area contributed by atoms with Gasteiger partial charge in [-0.15, -0.1) is 0 Å². The number of benzene rings is 3. The molecule has 0 saturated carbocycles. The van der Waals surface area contributed by atoms with Crippen molar-refractivity contribution in [2.45, 2.75) is 45.1 Å². The second-order valence-corrected chi connectivity index (χ2v) is 10.8. The molecule has 3 aromatic carbocycles. The molecule has 1 atom stereocenters. The van der Waals surface area contributed by atoms with Crippen LogP contribution in [0.5, 0.6) is 5.75 Å². The monoisotopic (exact) mass is 548 g/mol. The Labute approximate surface area is 234 Å². The van der Waals surface area contributed by atoms with Crippen LogP contribution in [0, 0.1) is 6.92 Å². The van der Waals surface area contributed by atoms with Crippen LogP contribution in [-0.2, 0) is 6.42 Å². The maximum Gasteiger partial charge on any atom is 0.409 e. The molecule has 1 aliphatic heterocycles. The van der Waals surface area contributed by atoms with Crippen LogP contribution in [0.15, 0.2) is 60.7 Å². The molecule has 0 radical (unpaired) electrons. The fraction of sp³-hybridized carbons (Fsp3) is 0.344. The number of carbonyl (C=O) groups is 1. The molecule has 1 heterocycles. The van der Waals surface area contributed by atoms with Crippen molar-refractivity contribution in [1.29, 1.82) is 0 Å². The molecule has 1 amide bonds. The first-order chi connectivity index (χ1) is 18.9. The van der Waals surface area contributed by atoms with E-state index in [-0.39, 0.29) is 12.8 Å². The molecule has 1 aliphatic carbocycles. The van der Waals surface area contributed by atoms with Crippen LogP contribution in [0.1, 0.15) is 53.5 Å². The van der Waals surface area contributed by atoms with E-state index in [9.17, 15) is 14.3 Å². The molecule has 5 rings (SSSR count). The molecule has 1 fully saturated rings. The number of hydrogen-bond donors (Lipinski definition) is 2. The van der Waals surface area contributed by atoms with Crippen molar-refractivity contribution < 1.29 is 19.0 Å². The summed E-state index contributed by atoms with van der Waals surface area (Å²) in [6.07, 6.45) is 3.15. The summed E-state index contributed by atoms with van der Waals surface area (Å²) in [6, 6.07) is 20.2. The highest BCUT2D eigenvalue weighted by Crippen LogP contribution is 2.42. The third kappa shape index (κ3) is 6.45. The number of nitrogens with zero attached hydrogens (tertiary/aromatic N) is 1. The number of alkyl halides is 1. The molecule has 2 aliphatic rings. The van der Waals surface area contributed by atoms with Gasteiger partial charge in [0.2, 0.25) is 0 Å². The van der Waals surface area contributed by atoms with Gasteiger partial charge in [0, 0.05) is 30.3 Å². The number of likely N-dealkylation sites (tertiary alicyclic amines) is 1. The summed E-state index contributed by atoms with van der Waals surface area (Å²) < 4.78 is 18.8. The van der Waals surface area contributed by atoms with E-state index in [4.69, 9.17) is 16.3 Å². The number of allylic oxidation sites excluding steroid dienone is 1. The molecule has 0 unspecified atom stereocenters. The van der Waals surface area contributed by atoms with Crippen LogP contribution in [0.2, 0.25) is 5.02 Å². The van der Waals surface area contributed by atoms with Gasteiger partial charge in [-0.1, -0.05) is 41.9 Å². The third-order valence-electron chi connectivity index (χ3n) is 7.53. The van der Waals surface area contributed by atoms with E-state index >= 15 is 0 Å². The second-order valence-electron chi connectivity index (χ2n) is 10.4. The number of rotatable bonds is 8. The van der Waals surface area contributed by atoms with E-state index in [1.165, 1.54) is 5.57 Å². The summed E-state index contributed by atoms with van der Waals surface area (Å²) in [6.45, 7) is 4.29. The zero-order chi connectivity index (χ0) is 27.4. The normalized spacial score (nSPS) is 17.6. The predicted octanol–water partition coefficient (Wildman–Crippen LogP) is 7.85. The van der Waals surface area contributed by atoms with Gasteiger partial charge in [0.1, 0.15) is 11.9 Å². The Bertz CT molecular complexity index is 1370. The Morgan fingerprint density at radius 3 is 2.64 bits per heavy atom. The smallest absolute Gasteiger partial charge is 0.409 e. The quantitative estimate of drug-likeness (QED) is 0.301. The standard InChI is InChI=1S/C32H34ClFN2O3/c1-21-6-12-28(30(33)18-21)29-5-2-4-23-19-24(35-32(37)38)9-13-27(23)31(29)22-7-10-25(11-8-22)39-26-14-17-36(20-26)16-3-15-34/h6-13,18-19,26,35H,2-5,14-17,20H2,1H3,(H,37,38)/t26-/m0/s1. The molecule has 0 bridgehead atoms. The van der Waals surface area contributed by atoms with E-state index < -0.39 is 6.09 Å².